The number of aliphatic hydroxyl groups is 1. The minimum Gasteiger partial charge on any atom is -0.496 e. The molecule has 1 atom stereocenters. The summed E-state index contributed by atoms with van der Waals surface area (Å²) in [5.74, 6) is -0.323. The van der Waals surface area contributed by atoms with Gasteiger partial charge in [-0.3, -0.25) is 4.79 Å². The van der Waals surface area contributed by atoms with Gasteiger partial charge in [-0.2, -0.15) is 0 Å². The first-order valence-corrected chi connectivity index (χ1v) is 6.34. The standard InChI is InChI=1S/C15H22O4/c1-15(2,3)10-5-7-13(19-4)11(9-10)12(16)6-8-14(17)18/h5,7,9,12,16H,6,8H2,1-4H3,(H,17,18). The molecule has 0 aliphatic rings. The Hall–Kier alpha value is -1.55. The van der Waals surface area contributed by atoms with Crippen LogP contribution in [0.2, 0.25) is 0 Å². The fourth-order valence-corrected chi connectivity index (χ4v) is 1.88. The smallest absolute Gasteiger partial charge is 0.303 e. The number of methoxy groups -OCH3 is 1. The highest BCUT2D eigenvalue weighted by molar-refractivity contribution is 5.66. The van der Waals surface area contributed by atoms with Gasteiger partial charge in [0.05, 0.1) is 13.2 Å². The van der Waals surface area contributed by atoms with E-state index in [9.17, 15) is 9.90 Å². The Labute approximate surface area is 114 Å². The average molecular weight is 266 g/mol. The number of carbonyl (C=O) groups is 1. The average Bonchev–Trinajstić information content (AvgIpc) is 2.33. The first-order valence-electron chi connectivity index (χ1n) is 6.34. The number of hydrogen-bond donors (Lipinski definition) is 2. The summed E-state index contributed by atoms with van der Waals surface area (Å²) >= 11 is 0. The van der Waals surface area contributed by atoms with Crippen LogP contribution in [0.3, 0.4) is 0 Å². The monoisotopic (exact) mass is 266 g/mol. The highest BCUT2D eigenvalue weighted by Gasteiger charge is 2.20. The molecule has 19 heavy (non-hydrogen) atoms. The van der Waals surface area contributed by atoms with Crippen molar-refractivity contribution in [3.63, 3.8) is 0 Å². The first-order chi connectivity index (χ1) is 8.75. The van der Waals surface area contributed by atoms with Crippen LogP contribution >= 0.6 is 0 Å². The molecule has 0 aliphatic heterocycles. The summed E-state index contributed by atoms with van der Waals surface area (Å²) in [4.78, 5) is 10.6. The molecule has 0 saturated heterocycles. The molecule has 1 aromatic carbocycles. The molecule has 0 aromatic heterocycles. The lowest BCUT2D eigenvalue weighted by molar-refractivity contribution is -0.137. The van der Waals surface area contributed by atoms with Crippen molar-refractivity contribution >= 4 is 5.97 Å². The Kier molecular flexibility index (Phi) is 4.95. The van der Waals surface area contributed by atoms with E-state index in [0.29, 0.717) is 11.3 Å². The van der Waals surface area contributed by atoms with Gasteiger partial charge in [0, 0.05) is 12.0 Å². The van der Waals surface area contributed by atoms with Gasteiger partial charge in [0.1, 0.15) is 5.75 Å². The molecule has 106 valence electrons. The number of aliphatic carboxylic acids is 1. The third-order valence-corrected chi connectivity index (χ3v) is 3.09. The first kappa shape index (κ1) is 15.5. The minimum atomic E-state index is -0.912. The molecule has 0 amide bonds. The summed E-state index contributed by atoms with van der Waals surface area (Å²) < 4.78 is 5.23. The summed E-state index contributed by atoms with van der Waals surface area (Å²) in [7, 11) is 1.54. The molecule has 4 nitrogen and oxygen atoms in total. The van der Waals surface area contributed by atoms with Crippen LogP contribution in [-0.4, -0.2) is 23.3 Å². The van der Waals surface area contributed by atoms with E-state index in [0.717, 1.165) is 5.56 Å². The Morgan fingerprint density at radius 3 is 2.47 bits per heavy atom. The second-order valence-electron chi connectivity index (χ2n) is 5.65. The minimum absolute atomic E-state index is 0.0342. The maximum atomic E-state index is 10.6. The van der Waals surface area contributed by atoms with Crippen LogP contribution in [0.1, 0.15) is 50.8 Å². The van der Waals surface area contributed by atoms with Gasteiger partial charge in [-0.25, -0.2) is 0 Å². The molecule has 0 radical (unpaired) electrons. The second-order valence-corrected chi connectivity index (χ2v) is 5.65. The Morgan fingerprint density at radius 2 is 2.00 bits per heavy atom. The number of carboxylic acids is 1. The lowest BCUT2D eigenvalue weighted by Crippen LogP contribution is -2.13. The lowest BCUT2D eigenvalue weighted by atomic mass is 9.85. The molecule has 0 aliphatic carbocycles. The van der Waals surface area contributed by atoms with Crippen LogP contribution in [0.25, 0.3) is 0 Å². The van der Waals surface area contributed by atoms with Gasteiger partial charge in [-0.15, -0.1) is 0 Å². The maximum absolute atomic E-state index is 10.6. The normalized spacial score (nSPS) is 13.1. The van der Waals surface area contributed by atoms with E-state index < -0.39 is 12.1 Å². The molecule has 1 rings (SSSR count). The van der Waals surface area contributed by atoms with Gasteiger partial charge in [0.25, 0.3) is 0 Å². The third kappa shape index (κ3) is 4.24. The van der Waals surface area contributed by atoms with Crippen LogP contribution in [0.5, 0.6) is 5.75 Å². The molecular weight excluding hydrogens is 244 g/mol. The van der Waals surface area contributed by atoms with Gasteiger partial charge < -0.3 is 14.9 Å². The summed E-state index contributed by atoms with van der Waals surface area (Å²) in [6, 6.07) is 5.68. The van der Waals surface area contributed by atoms with Gasteiger partial charge in [0.2, 0.25) is 0 Å². The molecule has 0 bridgehead atoms. The molecule has 0 saturated carbocycles. The zero-order chi connectivity index (χ0) is 14.6. The van der Waals surface area contributed by atoms with Crippen molar-refractivity contribution < 1.29 is 19.7 Å². The Morgan fingerprint density at radius 1 is 1.37 bits per heavy atom. The van der Waals surface area contributed by atoms with Crippen molar-refractivity contribution in [3.05, 3.63) is 29.3 Å². The van der Waals surface area contributed by atoms with E-state index in [2.05, 4.69) is 20.8 Å². The van der Waals surface area contributed by atoms with Crippen molar-refractivity contribution in [3.8, 4) is 5.75 Å². The predicted molar refractivity (Wildman–Crippen MR) is 73.5 cm³/mol. The fourth-order valence-electron chi connectivity index (χ4n) is 1.88. The number of hydrogen-bond acceptors (Lipinski definition) is 3. The van der Waals surface area contributed by atoms with E-state index in [4.69, 9.17) is 9.84 Å². The van der Waals surface area contributed by atoms with Crippen molar-refractivity contribution in [2.24, 2.45) is 0 Å². The van der Waals surface area contributed by atoms with Crippen LogP contribution < -0.4 is 4.74 Å². The molecule has 2 N–H and O–H groups in total. The number of ether oxygens (including phenoxy) is 1. The summed E-state index contributed by atoms with van der Waals surface area (Å²) in [6.45, 7) is 6.26. The quantitative estimate of drug-likeness (QED) is 0.860. The van der Waals surface area contributed by atoms with Gasteiger partial charge in [-0.1, -0.05) is 26.8 Å². The van der Waals surface area contributed by atoms with E-state index in [1.54, 1.807) is 7.11 Å². The number of benzene rings is 1. The van der Waals surface area contributed by atoms with Crippen molar-refractivity contribution in [1.29, 1.82) is 0 Å². The number of rotatable bonds is 5. The van der Waals surface area contributed by atoms with Gasteiger partial charge in [0.15, 0.2) is 0 Å². The SMILES string of the molecule is COc1ccc(C(C)(C)C)cc1C(O)CCC(=O)O. The van der Waals surface area contributed by atoms with E-state index in [1.807, 2.05) is 18.2 Å². The van der Waals surface area contributed by atoms with Crippen molar-refractivity contribution in [2.45, 2.75) is 45.1 Å². The molecule has 0 spiro atoms. The lowest BCUT2D eigenvalue weighted by Gasteiger charge is -2.22. The van der Waals surface area contributed by atoms with Crippen molar-refractivity contribution in [2.75, 3.05) is 7.11 Å². The topological polar surface area (TPSA) is 66.8 Å². The van der Waals surface area contributed by atoms with E-state index in [1.165, 1.54) is 0 Å². The van der Waals surface area contributed by atoms with E-state index in [-0.39, 0.29) is 18.3 Å². The predicted octanol–water partition coefficient (Wildman–Crippen LogP) is 2.89. The van der Waals surface area contributed by atoms with Crippen LogP contribution in [0.15, 0.2) is 18.2 Å². The van der Waals surface area contributed by atoms with Crippen LogP contribution in [0, 0.1) is 0 Å². The summed E-state index contributed by atoms with van der Waals surface area (Å²) in [5.41, 5.74) is 1.70. The summed E-state index contributed by atoms with van der Waals surface area (Å²) in [5, 5.41) is 18.8. The highest BCUT2D eigenvalue weighted by atomic mass is 16.5. The molecule has 0 heterocycles. The van der Waals surface area contributed by atoms with Crippen LogP contribution in [0.4, 0.5) is 0 Å². The Balaban J connectivity index is 3.05. The molecule has 4 heteroatoms. The van der Waals surface area contributed by atoms with Crippen LogP contribution in [-0.2, 0) is 10.2 Å². The molecule has 1 unspecified atom stereocenters. The van der Waals surface area contributed by atoms with Gasteiger partial charge in [-0.05, 0) is 29.5 Å². The zero-order valence-electron chi connectivity index (χ0n) is 11.9. The zero-order valence-corrected chi connectivity index (χ0v) is 11.9. The van der Waals surface area contributed by atoms with E-state index >= 15 is 0 Å². The molecule has 0 fully saturated rings. The highest BCUT2D eigenvalue weighted by Crippen LogP contribution is 2.33. The largest absolute Gasteiger partial charge is 0.496 e. The number of aliphatic hydroxyl groups excluding tert-OH is 1. The summed E-state index contributed by atoms with van der Waals surface area (Å²) in [6.07, 6.45) is -0.711. The van der Waals surface area contributed by atoms with Gasteiger partial charge >= 0.3 is 5.97 Å². The van der Waals surface area contributed by atoms with Crippen molar-refractivity contribution in [1.82, 2.24) is 0 Å². The fraction of sp³-hybridized carbons (Fsp3) is 0.533. The Bertz CT molecular complexity index is 446. The number of carboxylic acid groups (broad SMARTS) is 1. The second kappa shape index (κ2) is 6.06. The maximum Gasteiger partial charge on any atom is 0.303 e. The molecular formula is C15H22O4. The third-order valence-electron chi connectivity index (χ3n) is 3.09. The molecule has 1 aromatic rings.